The van der Waals surface area contributed by atoms with Gasteiger partial charge in [-0.05, 0) is 37.3 Å². The monoisotopic (exact) mass is 389 g/mol. The molecule has 8 nitrogen and oxygen atoms in total. The third-order valence-electron chi connectivity index (χ3n) is 3.69. The van der Waals surface area contributed by atoms with Crippen molar-refractivity contribution in [1.82, 2.24) is 14.5 Å². The molecule has 0 aliphatic heterocycles. The van der Waals surface area contributed by atoms with Gasteiger partial charge in [-0.1, -0.05) is 12.1 Å². The highest BCUT2D eigenvalue weighted by molar-refractivity contribution is 7.89. The van der Waals surface area contributed by atoms with E-state index in [1.807, 2.05) is 0 Å². The van der Waals surface area contributed by atoms with Gasteiger partial charge in [-0.3, -0.25) is 4.79 Å². The van der Waals surface area contributed by atoms with Crippen LogP contribution in [0.2, 0.25) is 0 Å². The fourth-order valence-electron chi connectivity index (χ4n) is 2.48. The number of ether oxygens (including phenoxy) is 1. The van der Waals surface area contributed by atoms with Crippen molar-refractivity contribution in [3.05, 3.63) is 65.1 Å². The summed E-state index contributed by atoms with van der Waals surface area (Å²) < 4.78 is 39.4. The first-order valence-corrected chi connectivity index (χ1v) is 9.83. The number of para-hydroxylation sites is 1. The molecule has 27 heavy (non-hydrogen) atoms. The summed E-state index contributed by atoms with van der Waals surface area (Å²) in [6, 6.07) is 12.8. The normalized spacial score (nSPS) is 11.4. The minimum absolute atomic E-state index is 0.00267. The summed E-state index contributed by atoms with van der Waals surface area (Å²) >= 11 is 0. The molecule has 0 fully saturated rings. The van der Waals surface area contributed by atoms with Gasteiger partial charge in [0.2, 0.25) is 10.0 Å². The fourth-order valence-corrected chi connectivity index (χ4v) is 3.64. The van der Waals surface area contributed by atoms with Crippen molar-refractivity contribution in [2.24, 2.45) is 0 Å². The largest absolute Gasteiger partial charge is 0.492 e. The summed E-state index contributed by atoms with van der Waals surface area (Å²) in [5.74, 6) is 0.803. The smallest absolute Gasteiger partial charge is 0.266 e. The van der Waals surface area contributed by atoms with E-state index in [4.69, 9.17) is 9.15 Å². The molecule has 0 unspecified atom stereocenters. The van der Waals surface area contributed by atoms with Crippen molar-refractivity contribution in [3.8, 4) is 17.2 Å². The number of furan rings is 1. The minimum atomic E-state index is -3.79. The van der Waals surface area contributed by atoms with Gasteiger partial charge in [-0.25, -0.2) is 17.8 Å². The topological polar surface area (TPSA) is 103 Å². The van der Waals surface area contributed by atoms with E-state index in [1.165, 1.54) is 23.1 Å². The van der Waals surface area contributed by atoms with Crippen molar-refractivity contribution in [2.75, 3.05) is 13.2 Å². The van der Waals surface area contributed by atoms with Crippen LogP contribution in [0.3, 0.4) is 0 Å². The molecule has 0 radical (unpaired) electrons. The van der Waals surface area contributed by atoms with Crippen LogP contribution in [0.25, 0.3) is 11.5 Å². The summed E-state index contributed by atoms with van der Waals surface area (Å²) in [5, 5.41) is 4.20. The predicted octanol–water partition coefficient (Wildman–Crippen LogP) is 1.88. The molecule has 0 saturated heterocycles. The Morgan fingerprint density at radius 2 is 1.96 bits per heavy atom. The van der Waals surface area contributed by atoms with Gasteiger partial charge in [0.15, 0.2) is 5.76 Å². The summed E-state index contributed by atoms with van der Waals surface area (Å²) in [7, 11) is -3.79. The van der Waals surface area contributed by atoms with Crippen molar-refractivity contribution in [1.29, 1.82) is 0 Å². The molecule has 0 spiro atoms. The highest BCUT2D eigenvalue weighted by Crippen LogP contribution is 2.22. The Labute approximate surface area is 156 Å². The zero-order valence-electron chi connectivity index (χ0n) is 14.7. The van der Waals surface area contributed by atoms with Crippen LogP contribution in [0.5, 0.6) is 5.75 Å². The lowest BCUT2D eigenvalue weighted by molar-refractivity contribution is 0.331. The van der Waals surface area contributed by atoms with E-state index in [0.717, 1.165) is 0 Å². The van der Waals surface area contributed by atoms with E-state index >= 15 is 0 Å². The second kappa shape index (κ2) is 8.19. The lowest BCUT2D eigenvalue weighted by atomic mass is 10.3. The molecular weight excluding hydrogens is 370 g/mol. The number of hydrogen-bond donors (Lipinski definition) is 1. The number of sulfonamides is 1. The van der Waals surface area contributed by atoms with Gasteiger partial charge in [0, 0.05) is 12.6 Å². The number of nitrogens with one attached hydrogen (secondary N) is 1. The Balaban J connectivity index is 1.73. The van der Waals surface area contributed by atoms with Crippen LogP contribution < -0.4 is 15.0 Å². The third-order valence-corrected chi connectivity index (χ3v) is 5.19. The summed E-state index contributed by atoms with van der Waals surface area (Å²) in [4.78, 5) is 12.0. The standard InChI is InChI=1S/C18H19N3O5S/c1-2-25-16-6-3-4-8-17(16)27(23,24)19-11-12-21-18(22)10-9-14(20-21)15-7-5-13-26-15/h3-10,13,19H,2,11-12H2,1H3. The fraction of sp³-hybridized carbons (Fsp3) is 0.222. The number of hydrogen-bond acceptors (Lipinski definition) is 6. The minimum Gasteiger partial charge on any atom is -0.492 e. The Hall–Kier alpha value is -2.91. The lowest BCUT2D eigenvalue weighted by Crippen LogP contribution is -2.32. The molecule has 2 heterocycles. The first-order valence-electron chi connectivity index (χ1n) is 8.35. The zero-order valence-corrected chi connectivity index (χ0v) is 15.5. The predicted molar refractivity (Wildman–Crippen MR) is 99.0 cm³/mol. The van der Waals surface area contributed by atoms with Crippen LogP contribution in [0, 0.1) is 0 Å². The van der Waals surface area contributed by atoms with Crippen LogP contribution in [-0.2, 0) is 16.6 Å². The van der Waals surface area contributed by atoms with E-state index in [9.17, 15) is 13.2 Å². The number of benzene rings is 1. The maximum absolute atomic E-state index is 12.5. The van der Waals surface area contributed by atoms with E-state index < -0.39 is 10.0 Å². The third kappa shape index (κ3) is 4.44. The van der Waals surface area contributed by atoms with Crippen molar-refractivity contribution >= 4 is 10.0 Å². The highest BCUT2D eigenvalue weighted by atomic mass is 32.2. The molecule has 3 rings (SSSR count). The van der Waals surface area contributed by atoms with Gasteiger partial charge >= 0.3 is 0 Å². The van der Waals surface area contributed by atoms with Crippen LogP contribution >= 0.6 is 0 Å². The van der Waals surface area contributed by atoms with Crippen LogP contribution in [0.1, 0.15) is 6.92 Å². The van der Waals surface area contributed by atoms with Crippen molar-refractivity contribution in [3.63, 3.8) is 0 Å². The molecule has 0 aliphatic rings. The molecule has 9 heteroatoms. The Kier molecular flexibility index (Phi) is 5.72. The molecule has 1 aromatic carbocycles. The summed E-state index contributed by atoms with van der Waals surface area (Å²) in [6.07, 6.45) is 1.51. The van der Waals surface area contributed by atoms with Crippen molar-refractivity contribution in [2.45, 2.75) is 18.4 Å². The second-order valence-electron chi connectivity index (χ2n) is 5.53. The van der Waals surface area contributed by atoms with E-state index in [1.54, 1.807) is 43.3 Å². The van der Waals surface area contributed by atoms with Gasteiger partial charge in [-0.2, -0.15) is 5.10 Å². The van der Waals surface area contributed by atoms with Crippen LogP contribution in [0.15, 0.2) is 68.9 Å². The van der Waals surface area contributed by atoms with Crippen LogP contribution in [-0.4, -0.2) is 31.3 Å². The Morgan fingerprint density at radius 3 is 2.70 bits per heavy atom. The zero-order chi connectivity index (χ0) is 19.3. The van der Waals surface area contributed by atoms with E-state index in [2.05, 4.69) is 9.82 Å². The number of nitrogens with zero attached hydrogens (tertiary/aromatic N) is 2. The van der Waals surface area contributed by atoms with Gasteiger partial charge in [0.25, 0.3) is 5.56 Å². The first-order chi connectivity index (χ1) is 13.0. The molecule has 0 atom stereocenters. The number of aromatic nitrogens is 2. The molecule has 0 amide bonds. The quantitative estimate of drug-likeness (QED) is 0.631. The van der Waals surface area contributed by atoms with Crippen LogP contribution in [0.4, 0.5) is 0 Å². The molecule has 0 bridgehead atoms. The van der Waals surface area contributed by atoms with Gasteiger partial charge in [0.1, 0.15) is 16.3 Å². The maximum Gasteiger partial charge on any atom is 0.266 e. The summed E-state index contributed by atoms with van der Waals surface area (Å²) in [5.41, 5.74) is 0.156. The molecule has 3 aromatic rings. The Morgan fingerprint density at radius 1 is 1.15 bits per heavy atom. The van der Waals surface area contributed by atoms with Crippen molar-refractivity contribution < 1.29 is 17.6 Å². The maximum atomic E-state index is 12.5. The molecule has 1 N–H and O–H groups in total. The molecule has 142 valence electrons. The molecule has 0 aliphatic carbocycles. The molecule has 0 saturated carbocycles. The van der Waals surface area contributed by atoms with Gasteiger partial charge in [0.05, 0.1) is 19.4 Å². The van der Waals surface area contributed by atoms with Gasteiger partial charge in [-0.15, -0.1) is 0 Å². The Bertz CT molecular complexity index is 1060. The van der Waals surface area contributed by atoms with E-state index in [0.29, 0.717) is 18.1 Å². The average molecular weight is 389 g/mol. The van der Waals surface area contributed by atoms with E-state index in [-0.39, 0.29) is 29.3 Å². The van der Waals surface area contributed by atoms with Gasteiger partial charge < -0.3 is 9.15 Å². The molecular formula is C18H19N3O5S. The summed E-state index contributed by atoms with van der Waals surface area (Å²) in [6.45, 7) is 2.20. The lowest BCUT2D eigenvalue weighted by Gasteiger charge is -2.12. The number of rotatable bonds is 8. The highest BCUT2D eigenvalue weighted by Gasteiger charge is 2.18. The average Bonchev–Trinajstić information content (AvgIpc) is 3.18. The molecule has 2 aromatic heterocycles. The first kappa shape index (κ1) is 18.9. The second-order valence-corrected chi connectivity index (χ2v) is 7.27. The SMILES string of the molecule is CCOc1ccccc1S(=O)(=O)NCCn1nc(-c2ccco2)ccc1=O.